The normalized spacial score (nSPS) is 17.4. The Morgan fingerprint density at radius 1 is 1.23 bits per heavy atom. The Hall–Kier alpha value is -2.35. The molecule has 2 amide bonds. The third-order valence-electron chi connectivity index (χ3n) is 6.00. The van der Waals surface area contributed by atoms with E-state index in [1.807, 2.05) is 36.0 Å². The maximum Gasteiger partial charge on any atom is 0.388 e. The van der Waals surface area contributed by atoms with E-state index in [-0.39, 0.29) is 29.6 Å². The van der Waals surface area contributed by atoms with E-state index in [1.54, 1.807) is 24.0 Å². The first-order valence-corrected chi connectivity index (χ1v) is 11.6. The number of alkyl halides is 2. The summed E-state index contributed by atoms with van der Waals surface area (Å²) < 4.78 is 30.3. The summed E-state index contributed by atoms with van der Waals surface area (Å²) in [6.07, 6.45) is 1.90. The van der Waals surface area contributed by atoms with Gasteiger partial charge in [0.15, 0.2) is 0 Å². The van der Waals surface area contributed by atoms with E-state index in [0.717, 1.165) is 35.6 Å². The molecule has 31 heavy (non-hydrogen) atoms. The predicted octanol–water partition coefficient (Wildman–Crippen LogP) is 6.05. The Labute approximate surface area is 185 Å². The van der Waals surface area contributed by atoms with E-state index in [2.05, 4.69) is 28.9 Å². The largest absolute Gasteiger partial charge is 0.415 e. The van der Waals surface area contributed by atoms with Gasteiger partial charge < -0.3 is 10.1 Å². The smallest absolute Gasteiger partial charge is 0.388 e. The number of amides is 2. The standard InChI is InChI=1S/C23H27F2N3O2S/c1-14(2)17-6-4-5-7-19(17)28(16-10-23(11-16)12-31-13-23)22(29)27-18-9-8-15(3)26-20(18)30-21(24)25/h4-9,14,16,21H,10-13H2,1-3H3,(H,27,29). The molecule has 4 rings (SSSR count). The number of nitrogens with one attached hydrogen (secondary N) is 1. The molecule has 8 heteroatoms. The number of carbonyl (C=O) groups is 1. The highest BCUT2D eigenvalue weighted by Gasteiger charge is 2.52. The highest BCUT2D eigenvalue weighted by atomic mass is 32.2. The Kier molecular flexibility index (Phi) is 6.10. The summed E-state index contributed by atoms with van der Waals surface area (Å²) >= 11 is 1.94. The second-order valence-corrected chi connectivity index (χ2v) is 9.74. The first kappa shape index (κ1) is 21.9. The lowest BCUT2D eigenvalue weighted by Crippen LogP contribution is -2.59. The number of urea groups is 1. The molecule has 1 aliphatic carbocycles. The number of ether oxygens (including phenoxy) is 1. The maximum atomic E-state index is 13.5. The molecule has 166 valence electrons. The van der Waals surface area contributed by atoms with Gasteiger partial charge in [0.05, 0.1) is 0 Å². The number of rotatable bonds is 6. The predicted molar refractivity (Wildman–Crippen MR) is 120 cm³/mol. The molecule has 0 bridgehead atoms. The molecule has 0 atom stereocenters. The van der Waals surface area contributed by atoms with Crippen LogP contribution in [0.4, 0.5) is 25.0 Å². The molecule has 1 aromatic carbocycles. The van der Waals surface area contributed by atoms with Crippen LogP contribution in [0.2, 0.25) is 0 Å². The minimum absolute atomic E-state index is 0.0682. The van der Waals surface area contributed by atoms with Gasteiger partial charge in [-0.25, -0.2) is 9.78 Å². The summed E-state index contributed by atoms with van der Waals surface area (Å²) in [6.45, 7) is 2.85. The molecule has 1 aromatic heterocycles. The highest BCUT2D eigenvalue weighted by molar-refractivity contribution is 8.00. The first-order chi connectivity index (χ1) is 14.8. The number of nitrogens with zero attached hydrogens (tertiary/aromatic N) is 2. The second-order valence-electron chi connectivity index (χ2n) is 8.75. The van der Waals surface area contributed by atoms with Crippen LogP contribution >= 0.6 is 11.8 Å². The molecule has 2 heterocycles. The third-order valence-corrected chi connectivity index (χ3v) is 7.63. The summed E-state index contributed by atoms with van der Waals surface area (Å²) in [6, 6.07) is 10.8. The van der Waals surface area contributed by atoms with Crippen LogP contribution < -0.4 is 15.0 Å². The van der Waals surface area contributed by atoms with E-state index in [1.165, 1.54) is 0 Å². The van der Waals surface area contributed by atoms with Crippen LogP contribution in [0.5, 0.6) is 5.88 Å². The van der Waals surface area contributed by atoms with Gasteiger partial charge in [0, 0.05) is 17.4 Å². The van der Waals surface area contributed by atoms with Crippen LogP contribution in [0, 0.1) is 12.3 Å². The van der Waals surface area contributed by atoms with Gasteiger partial charge >= 0.3 is 12.6 Å². The van der Waals surface area contributed by atoms with Crippen molar-refractivity contribution in [2.75, 3.05) is 21.7 Å². The molecule has 2 fully saturated rings. The van der Waals surface area contributed by atoms with Gasteiger partial charge in [-0.05, 0) is 66.4 Å². The van der Waals surface area contributed by atoms with Gasteiger partial charge in [-0.3, -0.25) is 4.90 Å². The summed E-state index contributed by atoms with van der Waals surface area (Å²) in [5.74, 6) is 2.23. The van der Waals surface area contributed by atoms with Gasteiger partial charge in [-0.1, -0.05) is 32.0 Å². The number of hydrogen-bond acceptors (Lipinski definition) is 4. The van der Waals surface area contributed by atoms with Gasteiger partial charge in [0.2, 0.25) is 5.88 Å². The molecular formula is C23H27F2N3O2S. The summed E-state index contributed by atoms with van der Waals surface area (Å²) in [4.78, 5) is 19.3. The Morgan fingerprint density at radius 3 is 2.55 bits per heavy atom. The number of anilines is 2. The number of aromatic nitrogens is 1. The van der Waals surface area contributed by atoms with Crippen LogP contribution in [0.25, 0.3) is 0 Å². The van der Waals surface area contributed by atoms with Crippen molar-refractivity contribution in [3.8, 4) is 5.88 Å². The van der Waals surface area contributed by atoms with Gasteiger partial charge in [0.25, 0.3) is 0 Å². The van der Waals surface area contributed by atoms with Crippen molar-refractivity contribution in [1.29, 1.82) is 0 Å². The van der Waals surface area contributed by atoms with Crippen molar-refractivity contribution in [3.63, 3.8) is 0 Å². The van der Waals surface area contributed by atoms with E-state index in [4.69, 9.17) is 0 Å². The molecule has 1 spiro atoms. The lowest BCUT2D eigenvalue weighted by molar-refractivity contribution is -0.0523. The van der Waals surface area contributed by atoms with Crippen LogP contribution in [0.15, 0.2) is 36.4 Å². The zero-order valence-electron chi connectivity index (χ0n) is 17.9. The third kappa shape index (κ3) is 4.49. The zero-order chi connectivity index (χ0) is 22.2. The topological polar surface area (TPSA) is 54.5 Å². The molecule has 1 saturated heterocycles. The van der Waals surface area contributed by atoms with E-state index < -0.39 is 6.61 Å². The van der Waals surface area contributed by atoms with Crippen molar-refractivity contribution in [2.24, 2.45) is 5.41 Å². The average Bonchev–Trinajstić information content (AvgIpc) is 2.64. The molecule has 0 unspecified atom stereocenters. The molecule has 1 N–H and O–H groups in total. The molecule has 2 aliphatic rings. The summed E-state index contributed by atoms with van der Waals surface area (Å²) in [7, 11) is 0. The number of hydrogen-bond donors (Lipinski definition) is 1. The average molecular weight is 448 g/mol. The minimum Gasteiger partial charge on any atom is -0.415 e. The van der Waals surface area contributed by atoms with E-state index in [0.29, 0.717) is 11.1 Å². The first-order valence-electron chi connectivity index (χ1n) is 10.5. The van der Waals surface area contributed by atoms with Crippen LogP contribution in [-0.2, 0) is 0 Å². The minimum atomic E-state index is -3.02. The number of carbonyl (C=O) groups excluding carboxylic acids is 1. The Balaban J connectivity index is 1.64. The number of thioether (sulfide) groups is 1. The summed E-state index contributed by atoms with van der Waals surface area (Å²) in [5.41, 5.74) is 2.94. The fourth-order valence-electron chi connectivity index (χ4n) is 4.39. The molecule has 1 aliphatic heterocycles. The van der Waals surface area contributed by atoms with Crippen molar-refractivity contribution in [2.45, 2.75) is 52.2 Å². The number of halogens is 2. The highest BCUT2D eigenvalue weighted by Crippen LogP contribution is 2.55. The van der Waals surface area contributed by atoms with Crippen molar-refractivity contribution in [3.05, 3.63) is 47.7 Å². The molecular weight excluding hydrogens is 420 g/mol. The van der Waals surface area contributed by atoms with Crippen molar-refractivity contribution in [1.82, 2.24) is 4.98 Å². The number of aryl methyl sites for hydroxylation is 1. The molecule has 0 radical (unpaired) electrons. The van der Waals surface area contributed by atoms with Crippen LogP contribution in [0.1, 0.15) is 43.9 Å². The van der Waals surface area contributed by atoms with E-state index in [9.17, 15) is 13.6 Å². The Bertz CT molecular complexity index is 958. The van der Waals surface area contributed by atoms with Crippen molar-refractivity contribution < 1.29 is 18.3 Å². The number of pyridine rings is 1. The van der Waals surface area contributed by atoms with Crippen LogP contribution in [0.3, 0.4) is 0 Å². The second kappa shape index (κ2) is 8.65. The van der Waals surface area contributed by atoms with Gasteiger partial charge in [-0.2, -0.15) is 20.5 Å². The monoisotopic (exact) mass is 447 g/mol. The number of para-hydroxylation sites is 1. The molecule has 5 nitrogen and oxygen atoms in total. The van der Waals surface area contributed by atoms with Gasteiger partial charge in [-0.15, -0.1) is 0 Å². The SMILES string of the molecule is Cc1ccc(NC(=O)N(c2ccccc2C(C)C)C2CC3(CSC3)C2)c(OC(F)F)n1. The van der Waals surface area contributed by atoms with Crippen molar-refractivity contribution >= 4 is 29.2 Å². The lowest BCUT2D eigenvalue weighted by Gasteiger charge is -2.56. The lowest BCUT2D eigenvalue weighted by atomic mass is 9.66. The van der Waals surface area contributed by atoms with E-state index >= 15 is 0 Å². The summed E-state index contributed by atoms with van der Waals surface area (Å²) in [5, 5.41) is 2.78. The fraction of sp³-hybridized carbons (Fsp3) is 0.478. The number of benzene rings is 1. The molecule has 2 aromatic rings. The Morgan fingerprint density at radius 2 is 1.94 bits per heavy atom. The quantitative estimate of drug-likeness (QED) is 0.586. The van der Waals surface area contributed by atoms with Crippen LogP contribution in [-0.4, -0.2) is 35.2 Å². The fourth-order valence-corrected chi connectivity index (χ4v) is 5.65. The maximum absolute atomic E-state index is 13.5. The van der Waals surface area contributed by atoms with Gasteiger partial charge in [0.1, 0.15) is 5.69 Å². The zero-order valence-corrected chi connectivity index (χ0v) is 18.7. The molecule has 1 saturated carbocycles.